The zero-order valence-electron chi connectivity index (χ0n) is 8.65. The summed E-state index contributed by atoms with van der Waals surface area (Å²) in [5, 5.41) is 0. The summed E-state index contributed by atoms with van der Waals surface area (Å²) in [6.45, 7) is 0.540. The van der Waals surface area contributed by atoms with Crippen molar-refractivity contribution in [2.45, 2.75) is 6.10 Å². The molecule has 1 aromatic heterocycles. The van der Waals surface area contributed by atoms with E-state index in [1.165, 1.54) is 0 Å². The molecule has 0 saturated heterocycles. The Bertz CT molecular complexity index is 539. The van der Waals surface area contributed by atoms with Crippen molar-refractivity contribution in [1.29, 1.82) is 0 Å². The summed E-state index contributed by atoms with van der Waals surface area (Å²) in [6, 6.07) is 10.1. The smallest absolute Gasteiger partial charge is 0.188 e. The van der Waals surface area contributed by atoms with E-state index in [0.29, 0.717) is 6.61 Å². The van der Waals surface area contributed by atoms with Crippen LogP contribution in [0.25, 0.3) is 0 Å². The summed E-state index contributed by atoms with van der Waals surface area (Å²) in [6.07, 6.45) is -0.0403. The molecule has 0 aliphatic carbocycles. The number of ether oxygens (including phenoxy) is 2. The molecule has 0 bridgehead atoms. The lowest BCUT2D eigenvalue weighted by atomic mass is 10.1. The van der Waals surface area contributed by atoms with Gasteiger partial charge in [-0.3, -0.25) is 0 Å². The van der Waals surface area contributed by atoms with E-state index in [1.807, 2.05) is 30.3 Å². The molecule has 1 atom stereocenters. The van der Waals surface area contributed by atoms with E-state index in [4.69, 9.17) is 9.47 Å². The Hall–Kier alpha value is -0.520. The lowest BCUT2D eigenvalue weighted by molar-refractivity contribution is 0.0912. The Morgan fingerprint density at radius 3 is 2.53 bits per heavy atom. The molecular formula is C12H8Br2O2S. The molecule has 2 heterocycles. The summed E-state index contributed by atoms with van der Waals surface area (Å²) in [4.78, 5) is 0. The van der Waals surface area contributed by atoms with Crippen LogP contribution in [0.4, 0.5) is 0 Å². The van der Waals surface area contributed by atoms with Crippen molar-refractivity contribution in [2.24, 2.45) is 0 Å². The fraction of sp³-hybridized carbons (Fsp3) is 0.167. The van der Waals surface area contributed by atoms with Gasteiger partial charge < -0.3 is 9.47 Å². The van der Waals surface area contributed by atoms with Gasteiger partial charge in [0.2, 0.25) is 0 Å². The van der Waals surface area contributed by atoms with Crippen LogP contribution in [0, 0.1) is 0 Å². The molecule has 88 valence electrons. The second-order valence-electron chi connectivity index (χ2n) is 3.64. The van der Waals surface area contributed by atoms with E-state index in [0.717, 1.165) is 24.6 Å². The standard InChI is InChI=1S/C12H8Br2O2S/c13-11-9-10(12(14)17-11)16-8(6-15-9)7-4-2-1-3-5-7/h1-5,8H,6H2. The molecule has 2 aromatic rings. The molecule has 5 heteroatoms. The molecule has 0 amide bonds. The largest absolute Gasteiger partial charge is 0.483 e. The van der Waals surface area contributed by atoms with Gasteiger partial charge in [-0.2, -0.15) is 0 Å². The number of halogens is 2. The minimum atomic E-state index is -0.0403. The second kappa shape index (κ2) is 4.63. The van der Waals surface area contributed by atoms with Crippen LogP contribution in [0.5, 0.6) is 11.5 Å². The molecule has 17 heavy (non-hydrogen) atoms. The van der Waals surface area contributed by atoms with Gasteiger partial charge >= 0.3 is 0 Å². The van der Waals surface area contributed by atoms with E-state index < -0.39 is 0 Å². The maximum atomic E-state index is 5.98. The first-order valence-corrected chi connectivity index (χ1v) is 7.48. The Morgan fingerprint density at radius 1 is 1.06 bits per heavy atom. The van der Waals surface area contributed by atoms with Crippen molar-refractivity contribution in [2.75, 3.05) is 6.61 Å². The summed E-state index contributed by atoms with van der Waals surface area (Å²) >= 11 is 8.51. The molecule has 1 aromatic carbocycles. The van der Waals surface area contributed by atoms with Gasteiger partial charge in [-0.15, -0.1) is 11.3 Å². The van der Waals surface area contributed by atoms with Gasteiger partial charge in [0.15, 0.2) is 17.6 Å². The molecule has 0 fully saturated rings. The van der Waals surface area contributed by atoms with Crippen molar-refractivity contribution < 1.29 is 9.47 Å². The third-order valence-corrected chi connectivity index (χ3v) is 4.97. The normalized spacial score (nSPS) is 18.1. The summed E-state index contributed by atoms with van der Waals surface area (Å²) in [5.74, 6) is 1.59. The van der Waals surface area contributed by atoms with Crippen LogP contribution in [-0.4, -0.2) is 6.61 Å². The van der Waals surface area contributed by atoms with Gasteiger partial charge in [-0.05, 0) is 37.4 Å². The molecule has 3 rings (SSSR count). The molecule has 0 saturated carbocycles. The molecule has 1 aliphatic rings. The predicted molar refractivity (Wildman–Crippen MR) is 75.0 cm³/mol. The zero-order valence-corrected chi connectivity index (χ0v) is 12.6. The van der Waals surface area contributed by atoms with E-state index in [1.54, 1.807) is 11.3 Å². The number of fused-ring (bicyclic) bond motifs is 1. The zero-order chi connectivity index (χ0) is 11.8. The molecule has 0 N–H and O–H groups in total. The Labute approximate surface area is 120 Å². The Morgan fingerprint density at radius 2 is 1.76 bits per heavy atom. The van der Waals surface area contributed by atoms with Gasteiger partial charge in [0.25, 0.3) is 0 Å². The first-order chi connectivity index (χ1) is 8.25. The average molecular weight is 376 g/mol. The van der Waals surface area contributed by atoms with Gasteiger partial charge in [-0.25, -0.2) is 0 Å². The average Bonchev–Trinajstić information content (AvgIpc) is 2.66. The van der Waals surface area contributed by atoms with E-state index in [-0.39, 0.29) is 6.10 Å². The summed E-state index contributed by atoms with van der Waals surface area (Å²) in [7, 11) is 0. The first kappa shape index (κ1) is 11.6. The highest BCUT2D eigenvalue weighted by Crippen LogP contribution is 2.52. The highest BCUT2D eigenvalue weighted by molar-refractivity contribution is 9.12. The Balaban J connectivity index is 1.93. The van der Waals surface area contributed by atoms with Crippen molar-refractivity contribution in [1.82, 2.24) is 0 Å². The van der Waals surface area contributed by atoms with Crippen LogP contribution in [-0.2, 0) is 0 Å². The number of thiophene rings is 1. The third-order valence-electron chi connectivity index (χ3n) is 2.55. The van der Waals surface area contributed by atoms with E-state index >= 15 is 0 Å². The van der Waals surface area contributed by atoms with Gasteiger partial charge in [0.1, 0.15) is 14.2 Å². The fourth-order valence-electron chi connectivity index (χ4n) is 1.74. The summed E-state index contributed by atoms with van der Waals surface area (Å²) in [5.41, 5.74) is 1.13. The first-order valence-electron chi connectivity index (χ1n) is 5.08. The molecule has 0 radical (unpaired) electrons. The maximum Gasteiger partial charge on any atom is 0.188 e. The minimum Gasteiger partial charge on any atom is -0.483 e. The van der Waals surface area contributed by atoms with Crippen LogP contribution in [0.2, 0.25) is 0 Å². The molecule has 2 nitrogen and oxygen atoms in total. The van der Waals surface area contributed by atoms with Crippen LogP contribution in [0.15, 0.2) is 37.9 Å². The third kappa shape index (κ3) is 2.11. The van der Waals surface area contributed by atoms with E-state index in [9.17, 15) is 0 Å². The molecule has 1 aliphatic heterocycles. The lowest BCUT2D eigenvalue weighted by Gasteiger charge is -2.25. The molecular weight excluding hydrogens is 368 g/mol. The number of benzene rings is 1. The minimum absolute atomic E-state index is 0.0403. The van der Waals surface area contributed by atoms with Crippen molar-refractivity contribution in [3.05, 3.63) is 43.5 Å². The predicted octanol–water partition coefficient (Wildman–Crippen LogP) is 4.79. The Kier molecular flexibility index (Phi) is 3.15. The highest BCUT2D eigenvalue weighted by atomic mass is 79.9. The van der Waals surface area contributed by atoms with Crippen LogP contribution in [0.3, 0.4) is 0 Å². The van der Waals surface area contributed by atoms with Crippen LogP contribution >= 0.6 is 43.2 Å². The molecule has 0 spiro atoms. The fourth-order valence-corrected chi connectivity index (χ4v) is 4.57. The molecule has 1 unspecified atom stereocenters. The van der Waals surface area contributed by atoms with Gasteiger partial charge in [0, 0.05) is 0 Å². The summed E-state index contributed by atoms with van der Waals surface area (Å²) < 4.78 is 13.7. The van der Waals surface area contributed by atoms with Crippen molar-refractivity contribution in [3.63, 3.8) is 0 Å². The van der Waals surface area contributed by atoms with Crippen molar-refractivity contribution >= 4 is 43.2 Å². The second-order valence-corrected chi connectivity index (χ2v) is 7.29. The maximum absolute atomic E-state index is 5.98. The van der Waals surface area contributed by atoms with Crippen molar-refractivity contribution in [3.8, 4) is 11.5 Å². The topological polar surface area (TPSA) is 18.5 Å². The highest BCUT2D eigenvalue weighted by Gasteiger charge is 2.28. The van der Waals surface area contributed by atoms with Gasteiger partial charge in [0.05, 0.1) is 0 Å². The SMILES string of the molecule is Brc1sc(Br)c2c1OCC(c1ccccc1)O2. The monoisotopic (exact) mass is 374 g/mol. The van der Waals surface area contributed by atoms with Crippen LogP contribution in [0.1, 0.15) is 11.7 Å². The number of hydrogen-bond donors (Lipinski definition) is 0. The lowest BCUT2D eigenvalue weighted by Crippen LogP contribution is -2.21. The number of hydrogen-bond acceptors (Lipinski definition) is 3. The van der Waals surface area contributed by atoms with E-state index in [2.05, 4.69) is 31.9 Å². The van der Waals surface area contributed by atoms with Crippen LogP contribution < -0.4 is 9.47 Å². The quantitative estimate of drug-likeness (QED) is 0.713. The van der Waals surface area contributed by atoms with Gasteiger partial charge in [-0.1, -0.05) is 30.3 Å². The number of rotatable bonds is 1.